The topological polar surface area (TPSA) is 75.4 Å². The summed E-state index contributed by atoms with van der Waals surface area (Å²) in [5.41, 5.74) is 2.04. The van der Waals surface area contributed by atoms with Gasteiger partial charge in [-0.25, -0.2) is 4.79 Å². The van der Waals surface area contributed by atoms with E-state index in [2.05, 4.69) is 10.5 Å². The van der Waals surface area contributed by atoms with Gasteiger partial charge in [0.25, 0.3) is 0 Å². The molecule has 5 heteroatoms. The van der Waals surface area contributed by atoms with Gasteiger partial charge in [0.15, 0.2) is 5.76 Å². The first-order valence-corrected chi connectivity index (χ1v) is 5.14. The summed E-state index contributed by atoms with van der Waals surface area (Å²) in [6, 6.07) is 6.71. The van der Waals surface area contributed by atoms with Crippen molar-refractivity contribution in [3.8, 4) is 0 Å². The molecule has 0 aliphatic rings. The van der Waals surface area contributed by atoms with E-state index in [0.717, 1.165) is 17.0 Å². The molecule has 2 rings (SSSR count). The van der Waals surface area contributed by atoms with Crippen molar-refractivity contribution >= 4 is 11.7 Å². The van der Waals surface area contributed by atoms with Gasteiger partial charge in [-0.1, -0.05) is 5.16 Å². The normalized spacial score (nSPS) is 10.2. The molecular weight excluding hydrogens is 220 g/mol. The van der Waals surface area contributed by atoms with Crippen LogP contribution in [-0.2, 0) is 6.54 Å². The fourth-order valence-electron chi connectivity index (χ4n) is 1.51. The number of carboxylic acid groups (broad SMARTS) is 1. The second-order valence-electron chi connectivity index (χ2n) is 3.67. The van der Waals surface area contributed by atoms with Crippen LogP contribution in [-0.4, -0.2) is 16.2 Å². The predicted molar refractivity (Wildman–Crippen MR) is 62.0 cm³/mol. The van der Waals surface area contributed by atoms with Crippen LogP contribution in [0.5, 0.6) is 0 Å². The van der Waals surface area contributed by atoms with Gasteiger partial charge in [-0.3, -0.25) is 0 Å². The zero-order valence-corrected chi connectivity index (χ0v) is 9.30. The Kier molecular flexibility index (Phi) is 3.09. The summed E-state index contributed by atoms with van der Waals surface area (Å²) in [4.78, 5) is 10.8. The van der Waals surface area contributed by atoms with Gasteiger partial charge in [-0.2, -0.15) is 0 Å². The zero-order chi connectivity index (χ0) is 12.3. The van der Waals surface area contributed by atoms with Crippen molar-refractivity contribution in [2.75, 3.05) is 5.32 Å². The maximum atomic E-state index is 10.8. The van der Waals surface area contributed by atoms with Gasteiger partial charge in [0.2, 0.25) is 0 Å². The molecule has 0 aliphatic heterocycles. The third-order valence-electron chi connectivity index (χ3n) is 2.42. The molecular formula is C12H12N2O3. The van der Waals surface area contributed by atoms with E-state index in [1.54, 1.807) is 30.5 Å². The van der Waals surface area contributed by atoms with Gasteiger partial charge in [0.1, 0.15) is 0 Å². The van der Waals surface area contributed by atoms with Gasteiger partial charge in [-0.05, 0) is 30.7 Å². The minimum Gasteiger partial charge on any atom is -0.478 e. The van der Waals surface area contributed by atoms with Crippen molar-refractivity contribution in [3.63, 3.8) is 0 Å². The smallest absolute Gasteiger partial charge is 0.335 e. The number of rotatable bonds is 4. The van der Waals surface area contributed by atoms with Crippen molar-refractivity contribution in [2.45, 2.75) is 13.5 Å². The van der Waals surface area contributed by atoms with Gasteiger partial charge in [0.05, 0.1) is 18.3 Å². The predicted octanol–water partition coefficient (Wildman–Crippen LogP) is 2.29. The number of nitrogens with zero attached hydrogens (tertiary/aromatic N) is 1. The third-order valence-corrected chi connectivity index (χ3v) is 2.42. The SMILES string of the molecule is Cc1cc(C(=O)O)ccc1NCc1ccno1. The Labute approximate surface area is 98.1 Å². The molecule has 5 nitrogen and oxygen atoms in total. The number of aromatic nitrogens is 1. The number of hydrogen-bond donors (Lipinski definition) is 2. The third kappa shape index (κ3) is 2.63. The fraction of sp³-hybridized carbons (Fsp3) is 0.167. The maximum absolute atomic E-state index is 10.8. The molecule has 2 N–H and O–H groups in total. The molecule has 2 aromatic rings. The number of carbonyl (C=O) groups is 1. The van der Waals surface area contributed by atoms with Crippen LogP contribution in [0.1, 0.15) is 21.7 Å². The lowest BCUT2D eigenvalue weighted by Crippen LogP contribution is -2.02. The number of carboxylic acids is 1. The van der Waals surface area contributed by atoms with Crippen LogP contribution < -0.4 is 5.32 Å². The van der Waals surface area contributed by atoms with Gasteiger partial charge in [-0.15, -0.1) is 0 Å². The highest BCUT2D eigenvalue weighted by atomic mass is 16.5. The van der Waals surface area contributed by atoms with Gasteiger partial charge < -0.3 is 14.9 Å². The highest BCUT2D eigenvalue weighted by molar-refractivity contribution is 5.88. The first-order chi connectivity index (χ1) is 8.16. The number of aryl methyl sites for hydroxylation is 1. The molecule has 0 saturated heterocycles. The highest BCUT2D eigenvalue weighted by Crippen LogP contribution is 2.17. The molecule has 1 aromatic heterocycles. The highest BCUT2D eigenvalue weighted by Gasteiger charge is 2.05. The van der Waals surface area contributed by atoms with E-state index in [1.165, 1.54) is 0 Å². The van der Waals surface area contributed by atoms with E-state index in [4.69, 9.17) is 9.63 Å². The molecule has 0 spiro atoms. The molecule has 17 heavy (non-hydrogen) atoms. The Morgan fingerprint density at radius 1 is 1.47 bits per heavy atom. The van der Waals surface area contributed by atoms with E-state index in [0.29, 0.717) is 6.54 Å². The van der Waals surface area contributed by atoms with E-state index in [-0.39, 0.29) is 5.56 Å². The van der Waals surface area contributed by atoms with E-state index < -0.39 is 5.97 Å². The van der Waals surface area contributed by atoms with Crippen molar-refractivity contribution in [1.29, 1.82) is 0 Å². The maximum Gasteiger partial charge on any atom is 0.335 e. The molecule has 1 heterocycles. The van der Waals surface area contributed by atoms with Gasteiger partial charge in [0, 0.05) is 11.8 Å². The summed E-state index contributed by atoms with van der Waals surface area (Å²) >= 11 is 0. The quantitative estimate of drug-likeness (QED) is 0.845. The van der Waals surface area contributed by atoms with Crippen molar-refractivity contribution in [3.05, 3.63) is 47.3 Å². The average Bonchev–Trinajstić information content (AvgIpc) is 2.80. The van der Waals surface area contributed by atoms with Crippen molar-refractivity contribution in [1.82, 2.24) is 5.16 Å². The molecule has 1 aromatic carbocycles. The van der Waals surface area contributed by atoms with Crippen LogP contribution in [0.3, 0.4) is 0 Å². The van der Waals surface area contributed by atoms with Crippen LogP contribution in [0.25, 0.3) is 0 Å². The first kappa shape index (κ1) is 11.2. The Hall–Kier alpha value is -2.30. The van der Waals surface area contributed by atoms with E-state index >= 15 is 0 Å². The molecule has 0 unspecified atom stereocenters. The van der Waals surface area contributed by atoms with Crippen molar-refractivity contribution in [2.24, 2.45) is 0 Å². The monoisotopic (exact) mass is 232 g/mol. The van der Waals surface area contributed by atoms with Crippen molar-refractivity contribution < 1.29 is 14.4 Å². The Morgan fingerprint density at radius 2 is 2.29 bits per heavy atom. The Bertz CT molecular complexity index is 521. The number of anilines is 1. The minimum atomic E-state index is -0.921. The molecule has 88 valence electrons. The molecule has 0 atom stereocenters. The Morgan fingerprint density at radius 3 is 2.88 bits per heavy atom. The summed E-state index contributed by atoms with van der Waals surface area (Å²) in [7, 11) is 0. The zero-order valence-electron chi connectivity index (χ0n) is 9.30. The number of benzene rings is 1. The molecule has 0 amide bonds. The first-order valence-electron chi connectivity index (χ1n) is 5.14. The van der Waals surface area contributed by atoms with Crippen LogP contribution in [0.15, 0.2) is 35.0 Å². The van der Waals surface area contributed by atoms with Crippen LogP contribution >= 0.6 is 0 Å². The lowest BCUT2D eigenvalue weighted by atomic mass is 10.1. The molecule has 0 fully saturated rings. The van der Waals surface area contributed by atoms with Crippen LogP contribution in [0, 0.1) is 6.92 Å². The molecule has 0 radical (unpaired) electrons. The van der Waals surface area contributed by atoms with Gasteiger partial charge >= 0.3 is 5.97 Å². The summed E-state index contributed by atoms with van der Waals surface area (Å²) in [6.07, 6.45) is 1.58. The standard InChI is InChI=1S/C12H12N2O3/c1-8-6-9(12(15)16)2-3-11(8)13-7-10-4-5-14-17-10/h2-6,13H,7H2,1H3,(H,15,16). The lowest BCUT2D eigenvalue weighted by molar-refractivity contribution is 0.0697. The number of nitrogens with one attached hydrogen (secondary N) is 1. The lowest BCUT2D eigenvalue weighted by Gasteiger charge is -2.08. The van der Waals surface area contributed by atoms with Crippen LogP contribution in [0.4, 0.5) is 5.69 Å². The molecule has 0 aliphatic carbocycles. The largest absolute Gasteiger partial charge is 0.478 e. The molecule has 0 bridgehead atoms. The van der Waals surface area contributed by atoms with E-state index in [1.807, 2.05) is 6.92 Å². The van der Waals surface area contributed by atoms with Crippen LogP contribution in [0.2, 0.25) is 0 Å². The van der Waals surface area contributed by atoms with E-state index in [9.17, 15) is 4.79 Å². The average molecular weight is 232 g/mol. The second kappa shape index (κ2) is 4.69. The number of aromatic carboxylic acids is 1. The number of hydrogen-bond acceptors (Lipinski definition) is 4. The summed E-state index contributed by atoms with van der Waals surface area (Å²) in [6.45, 7) is 2.38. The molecule has 0 saturated carbocycles. The summed E-state index contributed by atoms with van der Waals surface area (Å²) in [5, 5.41) is 15.6. The minimum absolute atomic E-state index is 0.285. The fourth-order valence-corrected chi connectivity index (χ4v) is 1.51. The summed E-state index contributed by atoms with van der Waals surface area (Å²) < 4.78 is 4.95. The summed E-state index contributed by atoms with van der Waals surface area (Å²) in [5.74, 6) is -0.193. The second-order valence-corrected chi connectivity index (χ2v) is 3.67. The Balaban J connectivity index is 2.09.